The maximum Gasteiger partial charge on any atom is 0.222 e. The van der Waals surface area contributed by atoms with Gasteiger partial charge in [-0.25, -0.2) is 33.7 Å². The lowest BCUT2D eigenvalue weighted by Crippen LogP contribution is -2.29. The Hall–Kier alpha value is -11.8. The summed E-state index contributed by atoms with van der Waals surface area (Å²) in [6.07, 6.45) is 13.3. The van der Waals surface area contributed by atoms with Crippen molar-refractivity contribution in [2.24, 2.45) is 7.05 Å². The summed E-state index contributed by atoms with van der Waals surface area (Å²) in [6.45, 7) is 15.2. The number of fused-ring (bicyclic) bond motifs is 1. The Bertz CT molecular complexity index is 7000. The highest BCUT2D eigenvalue weighted by Crippen LogP contribution is 2.51. The van der Waals surface area contributed by atoms with E-state index < -0.39 is 39.3 Å². The van der Waals surface area contributed by atoms with E-state index in [1.54, 1.807) is 87.6 Å². The quantitative estimate of drug-likeness (QED) is 0.0379. The summed E-state index contributed by atoms with van der Waals surface area (Å²) < 4.78 is 102. The normalized spacial score (nSPS) is 19.7. The van der Waals surface area contributed by atoms with Crippen molar-refractivity contribution in [3.63, 3.8) is 0 Å². The predicted molar refractivity (Wildman–Crippen MR) is 557 cm³/mol. The van der Waals surface area contributed by atoms with Gasteiger partial charge < -0.3 is 19.6 Å². The van der Waals surface area contributed by atoms with Gasteiger partial charge in [-0.15, -0.1) is 11.3 Å². The summed E-state index contributed by atoms with van der Waals surface area (Å²) in [4.78, 5) is 67.4. The number of rotatable bonds is 32. The van der Waals surface area contributed by atoms with Gasteiger partial charge >= 0.3 is 0 Å². The fraction of sp³-hybridized carbons (Fsp3) is 0.383. The molecule has 0 bridgehead atoms. The number of nitrogens with zero attached hydrogens (tertiary/aromatic N) is 9. The monoisotopic (exact) mass is 1990 g/mol. The van der Waals surface area contributed by atoms with Crippen LogP contribution in [0.1, 0.15) is 248 Å². The fourth-order valence-electron chi connectivity index (χ4n) is 20.9. The average Bonchev–Trinajstić information content (AvgIpc) is 1.63. The highest BCUT2D eigenvalue weighted by molar-refractivity contribution is 7.92. The van der Waals surface area contributed by atoms with E-state index in [1.165, 1.54) is 105 Å². The Morgan fingerprint density at radius 1 is 0.326 bits per heavy atom. The van der Waals surface area contributed by atoms with Crippen molar-refractivity contribution in [3.8, 4) is 0 Å². The van der Waals surface area contributed by atoms with Crippen LogP contribution in [0.5, 0.6) is 0 Å². The van der Waals surface area contributed by atoms with Gasteiger partial charge in [0.1, 0.15) is 0 Å². The lowest BCUT2D eigenvalue weighted by Gasteiger charge is -2.20. The Morgan fingerprint density at radius 3 is 1.00 bits per heavy atom. The first kappa shape index (κ1) is 101. The van der Waals surface area contributed by atoms with E-state index in [0.29, 0.717) is 141 Å². The molecule has 736 valence electrons. The molecule has 141 heavy (non-hydrogen) atoms. The van der Waals surface area contributed by atoms with E-state index in [-0.39, 0.29) is 94.0 Å². The maximum atomic E-state index is 13.3. The van der Waals surface area contributed by atoms with Crippen LogP contribution >= 0.6 is 11.3 Å². The summed E-state index contributed by atoms with van der Waals surface area (Å²) in [7, 11) is -10.8. The SMILES string of the molecule is CCS(=O)(=O)c1ccc(CCC(=O)N2CC(c3ccccc3)C(c3cc(C4CC4)nn3C)C2)cc1.CCS(=O)(=O)c1ccc(CCC(=O)N2CC(c3ccccc3)C(c3csc4ccccc34)C2)cc1.CCS(=O)(=O)c1ccc(CCC(=O)N2CC(c3ccccc3)C(c3ncccc3C3CC3)C2)cc1.CCn1nc(C2CC2)cc1C1CN(C(=O)CCc2ccc(S(=O)(=O)CC)cc2)CC1c1ccccc1. The molecule has 4 saturated heterocycles. The smallest absolute Gasteiger partial charge is 0.222 e. The second kappa shape index (κ2) is 44.8. The Labute approximate surface area is 835 Å². The third-order valence-electron chi connectivity index (χ3n) is 29.7. The third-order valence-corrected chi connectivity index (χ3v) is 37.7. The van der Waals surface area contributed by atoms with E-state index >= 15 is 0 Å². The van der Waals surface area contributed by atoms with E-state index in [2.05, 4.69) is 157 Å². The molecule has 8 atom stereocenters. The first-order valence-electron chi connectivity index (χ1n) is 50.3. The predicted octanol–water partition coefficient (Wildman–Crippen LogP) is 20.5. The molecule has 9 aromatic carbocycles. The van der Waals surface area contributed by atoms with Crippen molar-refractivity contribution in [2.75, 3.05) is 75.4 Å². The van der Waals surface area contributed by atoms with Gasteiger partial charge in [-0.2, -0.15) is 10.2 Å². The Morgan fingerprint density at radius 2 is 0.638 bits per heavy atom. The molecule has 4 aromatic heterocycles. The van der Waals surface area contributed by atoms with Gasteiger partial charge in [-0.05, 0) is 216 Å². The van der Waals surface area contributed by atoms with E-state index in [9.17, 15) is 52.8 Å². The van der Waals surface area contributed by atoms with Crippen LogP contribution in [0.25, 0.3) is 10.1 Å². The van der Waals surface area contributed by atoms with E-state index in [4.69, 9.17) is 15.2 Å². The molecule has 8 unspecified atom stereocenters. The van der Waals surface area contributed by atoms with Crippen molar-refractivity contribution in [2.45, 2.75) is 216 Å². The maximum absolute atomic E-state index is 13.3. The van der Waals surface area contributed by atoms with Crippen LogP contribution in [-0.4, -0.2) is 177 Å². The van der Waals surface area contributed by atoms with Gasteiger partial charge in [0.25, 0.3) is 0 Å². The average molecular weight is 1990 g/mol. The molecule has 26 heteroatoms. The fourth-order valence-corrected chi connectivity index (χ4v) is 25.5. The number of aryl methyl sites for hydroxylation is 6. The number of likely N-dealkylation sites (tertiary alicyclic amines) is 4. The Kier molecular flexibility index (Phi) is 32.0. The molecule has 7 fully saturated rings. The molecule has 13 aromatic rings. The number of carbonyl (C=O) groups is 4. The minimum Gasteiger partial charge on any atom is -0.341 e. The van der Waals surface area contributed by atoms with Crippen LogP contribution in [0.15, 0.2) is 298 Å². The zero-order valence-corrected chi connectivity index (χ0v) is 85.5. The van der Waals surface area contributed by atoms with Crippen LogP contribution in [0.2, 0.25) is 0 Å². The molecular weight excluding hydrogens is 1860 g/mol. The lowest BCUT2D eigenvalue weighted by atomic mass is 9.84. The molecule has 20 rings (SSSR count). The van der Waals surface area contributed by atoms with Gasteiger partial charge in [0.05, 0.1) is 54.0 Å². The number of thiophene rings is 1. The topological polar surface area (TPSA) is 266 Å². The van der Waals surface area contributed by atoms with Gasteiger partial charge in [0, 0.05) is 179 Å². The standard InChI is InChI=1S/C29H35N3O3S.C29H32N2O3S.C29H29NO3S2.C28H33N3O3S/c1-3-32-28(18-27(30-32)23-13-14-23)26-20-31(19-25(26)22-8-6-5-7-9-22)29(33)17-12-21-10-15-24(16-11-21)36(34,35)4-2;1-2-35(33,34)24-15-10-21(11-16-24)12-17-28(32)31-19-26(22-7-4-3-5-8-22)27(20-31)29-25(23-13-14-23)9-6-18-30-29;1-2-35(32,33)23-15-12-21(13-16-23)14-17-29(31)30-18-25(22-8-4-3-5-9-22)26(19-30)27-20-34-28-11-7-6-10-24(27)28;1-3-35(33,34)23-14-9-20(10-15-23)11-16-28(32)31-18-24(21-7-5-4-6-8-21)25(19-31)27-17-26(22-12-13-22)29-30(27)2/h5-11,15-16,18,23,25-26H,3-4,12-14,17,19-20H2,1-2H3;3-11,15-16,18,23,26-27H,2,12-14,17,19-20H2,1H3;3-13,15-16,20,25-26H,2,14,17-19H2,1H3;4-10,14-15,17,22,24-25H,3,11-13,16,18-19H2,1-2H3. The molecule has 21 nitrogen and oxygen atoms in total. The number of hydrogen-bond donors (Lipinski definition) is 0. The molecule has 0 spiro atoms. The van der Waals surface area contributed by atoms with Gasteiger partial charge in [-0.1, -0.05) is 222 Å². The highest BCUT2D eigenvalue weighted by atomic mass is 32.2. The number of hydrogen-bond acceptors (Lipinski definition) is 16. The second-order valence-corrected chi connectivity index (χ2v) is 48.8. The second-order valence-electron chi connectivity index (χ2n) is 38.8. The van der Waals surface area contributed by atoms with Crippen molar-refractivity contribution >= 4 is 84.4 Å². The first-order valence-corrected chi connectivity index (χ1v) is 57.8. The number of amides is 4. The lowest BCUT2D eigenvalue weighted by molar-refractivity contribution is -0.131. The summed E-state index contributed by atoms with van der Waals surface area (Å²) >= 11 is 1.77. The summed E-state index contributed by atoms with van der Waals surface area (Å²) in [5.74, 6) is 4.58. The number of pyridine rings is 1. The highest BCUT2D eigenvalue weighted by Gasteiger charge is 2.45. The molecule has 4 aliphatic heterocycles. The number of sulfone groups is 4. The molecule has 0 N–H and O–H groups in total. The summed E-state index contributed by atoms with van der Waals surface area (Å²) in [6, 6.07) is 87.2. The summed E-state index contributed by atoms with van der Waals surface area (Å²) in [5, 5.41) is 13.3. The molecule has 4 amide bonds. The first-order chi connectivity index (χ1) is 68.2. The largest absolute Gasteiger partial charge is 0.341 e. The third kappa shape index (κ3) is 24.2. The minimum absolute atomic E-state index is 0.0856. The van der Waals surface area contributed by atoms with Crippen molar-refractivity contribution in [1.82, 2.24) is 44.1 Å². The van der Waals surface area contributed by atoms with E-state index in [1.807, 2.05) is 116 Å². The van der Waals surface area contributed by atoms with Crippen LogP contribution in [0, 0.1) is 0 Å². The zero-order valence-electron chi connectivity index (χ0n) is 81.5. The van der Waals surface area contributed by atoms with Crippen molar-refractivity contribution in [1.29, 1.82) is 0 Å². The number of carbonyl (C=O) groups excluding carboxylic acids is 4. The van der Waals surface area contributed by atoms with Crippen LogP contribution < -0.4 is 0 Å². The minimum atomic E-state index is -3.21. The molecule has 3 saturated carbocycles. The van der Waals surface area contributed by atoms with Gasteiger partial charge in [-0.3, -0.25) is 33.5 Å². The van der Waals surface area contributed by atoms with Crippen molar-refractivity contribution < 1.29 is 52.8 Å². The van der Waals surface area contributed by atoms with Crippen LogP contribution in [0.3, 0.4) is 0 Å². The van der Waals surface area contributed by atoms with Gasteiger partial charge in [0.15, 0.2) is 39.3 Å². The van der Waals surface area contributed by atoms with Crippen LogP contribution in [-0.2, 0) is 97.8 Å². The van der Waals surface area contributed by atoms with Gasteiger partial charge in [0.2, 0.25) is 23.6 Å². The van der Waals surface area contributed by atoms with Crippen molar-refractivity contribution in [3.05, 3.63) is 363 Å². The molecule has 7 aliphatic rings. The number of aromatic nitrogens is 5. The van der Waals surface area contributed by atoms with E-state index in [0.717, 1.165) is 34.5 Å². The zero-order chi connectivity index (χ0) is 98.7. The molecule has 3 aliphatic carbocycles. The number of benzene rings is 9. The summed E-state index contributed by atoms with van der Waals surface area (Å²) in [5.41, 5.74) is 17.7. The molecular formula is C115H129N9O12S5. The Balaban J connectivity index is 0.000000130. The molecule has 8 heterocycles. The van der Waals surface area contributed by atoms with Crippen LogP contribution in [0.4, 0.5) is 0 Å². The molecule has 0 radical (unpaired) electrons.